The summed E-state index contributed by atoms with van der Waals surface area (Å²) in [4.78, 5) is 4.63. The number of hydrogen-bond acceptors (Lipinski definition) is 4. The van der Waals surface area contributed by atoms with Crippen LogP contribution in [-0.2, 0) is 6.42 Å². The summed E-state index contributed by atoms with van der Waals surface area (Å²) in [6, 6.07) is 9.29. The van der Waals surface area contributed by atoms with Gasteiger partial charge in [0.25, 0.3) is 0 Å². The number of fused-ring (bicyclic) bond motifs is 3. The molecule has 2 heterocycles. The summed E-state index contributed by atoms with van der Waals surface area (Å²) in [5.74, 6) is -0.618. The van der Waals surface area contributed by atoms with Crippen LogP contribution in [0.2, 0.25) is 0 Å². The third-order valence-corrected chi connectivity index (χ3v) is 6.12. The van der Waals surface area contributed by atoms with Gasteiger partial charge in [-0.15, -0.1) is 0 Å². The third-order valence-electron chi connectivity index (χ3n) is 6.12. The predicted molar refractivity (Wildman–Crippen MR) is 123 cm³/mol. The van der Waals surface area contributed by atoms with Crippen molar-refractivity contribution >= 4 is 10.9 Å². The first-order valence-corrected chi connectivity index (χ1v) is 11.5. The van der Waals surface area contributed by atoms with Gasteiger partial charge in [0.05, 0.1) is 26.4 Å². The molecule has 0 amide bonds. The van der Waals surface area contributed by atoms with Crippen molar-refractivity contribution in [2.45, 2.75) is 25.1 Å². The molecule has 0 radical (unpaired) electrons. The number of para-hydroxylation sites is 1. The number of nitrogens with one attached hydrogen (secondary N) is 2. The number of benzene rings is 2. The van der Waals surface area contributed by atoms with E-state index < -0.39 is 31.3 Å². The van der Waals surface area contributed by atoms with Crippen LogP contribution in [0.3, 0.4) is 0 Å². The van der Waals surface area contributed by atoms with Gasteiger partial charge in [0.15, 0.2) is 11.6 Å². The first kappa shape index (κ1) is 25.2. The average Bonchev–Trinajstić information content (AvgIpc) is 3.19. The van der Waals surface area contributed by atoms with Crippen molar-refractivity contribution in [3.05, 3.63) is 59.0 Å². The van der Waals surface area contributed by atoms with E-state index in [1.807, 2.05) is 24.3 Å². The first-order valence-electron chi connectivity index (χ1n) is 11.5. The Bertz CT molecular complexity index is 1150. The lowest BCUT2D eigenvalue weighted by Crippen LogP contribution is -2.42. The standard InChI is InChI=1S/C25H28F5N3O2/c1-34-21-14-19(27)22(35-12-10-31-9-4-8-26)13-18(21)24-23-17(7-11-33(24)15-25(28,29)30)16-5-2-3-6-20(16)32-23/h2-3,5-6,13-14,24,31-32H,4,7-12,15H2,1H3. The molecule has 2 aromatic carbocycles. The van der Waals surface area contributed by atoms with Gasteiger partial charge in [0.2, 0.25) is 0 Å². The number of H-pyrrole nitrogens is 1. The van der Waals surface area contributed by atoms with E-state index in [9.17, 15) is 22.0 Å². The lowest BCUT2D eigenvalue weighted by Gasteiger charge is -2.37. The highest BCUT2D eigenvalue weighted by Crippen LogP contribution is 2.44. The second-order valence-electron chi connectivity index (χ2n) is 8.47. The molecule has 35 heavy (non-hydrogen) atoms. The number of aromatic amines is 1. The van der Waals surface area contributed by atoms with E-state index in [1.54, 1.807) is 0 Å². The van der Waals surface area contributed by atoms with Gasteiger partial charge < -0.3 is 19.8 Å². The van der Waals surface area contributed by atoms with E-state index in [2.05, 4.69) is 10.3 Å². The van der Waals surface area contributed by atoms with Gasteiger partial charge in [-0.1, -0.05) is 18.2 Å². The first-order chi connectivity index (χ1) is 16.8. The zero-order valence-electron chi connectivity index (χ0n) is 19.4. The van der Waals surface area contributed by atoms with Crippen molar-refractivity contribution < 1.29 is 31.4 Å². The maximum atomic E-state index is 14.8. The minimum atomic E-state index is -4.42. The van der Waals surface area contributed by atoms with Gasteiger partial charge >= 0.3 is 6.18 Å². The van der Waals surface area contributed by atoms with E-state index in [1.165, 1.54) is 18.1 Å². The fourth-order valence-corrected chi connectivity index (χ4v) is 4.65. The molecule has 4 rings (SSSR count). The third kappa shape index (κ3) is 5.70. The Hall–Kier alpha value is -2.85. The van der Waals surface area contributed by atoms with E-state index in [0.29, 0.717) is 37.2 Å². The molecule has 0 saturated heterocycles. The number of rotatable bonds is 10. The van der Waals surface area contributed by atoms with E-state index in [4.69, 9.17) is 9.47 Å². The number of ether oxygens (including phenoxy) is 2. The molecule has 1 unspecified atom stereocenters. The Balaban J connectivity index is 1.72. The van der Waals surface area contributed by atoms with E-state index >= 15 is 0 Å². The Labute approximate surface area is 200 Å². The molecule has 1 aromatic heterocycles. The quantitative estimate of drug-likeness (QED) is 0.300. The Morgan fingerprint density at radius 1 is 1.14 bits per heavy atom. The van der Waals surface area contributed by atoms with Gasteiger partial charge in [0.1, 0.15) is 12.4 Å². The van der Waals surface area contributed by atoms with Crippen molar-refractivity contribution in [2.24, 2.45) is 0 Å². The van der Waals surface area contributed by atoms with Crippen molar-refractivity contribution in [3.63, 3.8) is 0 Å². The number of alkyl halides is 4. The summed E-state index contributed by atoms with van der Waals surface area (Å²) in [5.41, 5.74) is 2.78. The topological polar surface area (TPSA) is 49.5 Å². The highest BCUT2D eigenvalue weighted by molar-refractivity contribution is 5.85. The zero-order chi connectivity index (χ0) is 25.0. The molecule has 0 saturated carbocycles. The van der Waals surface area contributed by atoms with Crippen molar-refractivity contribution in [1.29, 1.82) is 0 Å². The Kier molecular flexibility index (Phi) is 7.81. The predicted octanol–water partition coefficient (Wildman–Crippen LogP) is 5.15. The summed E-state index contributed by atoms with van der Waals surface area (Å²) in [7, 11) is 1.36. The van der Waals surface area contributed by atoms with Gasteiger partial charge in [-0.05, 0) is 37.1 Å². The van der Waals surface area contributed by atoms with Crippen molar-refractivity contribution in [1.82, 2.24) is 15.2 Å². The smallest absolute Gasteiger partial charge is 0.401 e. The number of hydrogen-bond donors (Lipinski definition) is 2. The Morgan fingerprint density at radius 3 is 2.69 bits per heavy atom. The molecular weight excluding hydrogens is 469 g/mol. The van der Waals surface area contributed by atoms with Crippen LogP contribution in [0, 0.1) is 5.82 Å². The molecule has 0 fully saturated rings. The highest BCUT2D eigenvalue weighted by atomic mass is 19.4. The molecule has 190 valence electrons. The van der Waals surface area contributed by atoms with Gasteiger partial charge in [-0.25, -0.2) is 4.39 Å². The molecule has 5 nitrogen and oxygen atoms in total. The van der Waals surface area contributed by atoms with E-state index in [0.717, 1.165) is 22.5 Å². The van der Waals surface area contributed by atoms with Gasteiger partial charge in [-0.2, -0.15) is 13.2 Å². The highest BCUT2D eigenvalue weighted by Gasteiger charge is 2.40. The van der Waals surface area contributed by atoms with Crippen LogP contribution in [-0.4, -0.2) is 62.6 Å². The van der Waals surface area contributed by atoms with Crippen LogP contribution < -0.4 is 14.8 Å². The van der Waals surface area contributed by atoms with Crippen molar-refractivity contribution in [3.8, 4) is 11.5 Å². The van der Waals surface area contributed by atoms with Gasteiger partial charge in [-0.3, -0.25) is 9.29 Å². The second kappa shape index (κ2) is 10.8. The summed E-state index contributed by atoms with van der Waals surface area (Å²) in [6.07, 6.45) is -3.60. The monoisotopic (exact) mass is 497 g/mol. The number of halogens is 5. The Morgan fingerprint density at radius 2 is 1.94 bits per heavy atom. The molecule has 0 aliphatic carbocycles. The number of nitrogens with zero attached hydrogens (tertiary/aromatic N) is 1. The molecule has 0 spiro atoms. The molecule has 1 aliphatic heterocycles. The molecular formula is C25H28F5N3O2. The zero-order valence-corrected chi connectivity index (χ0v) is 19.4. The number of methoxy groups -OCH3 is 1. The molecule has 10 heteroatoms. The number of aromatic nitrogens is 1. The van der Waals surface area contributed by atoms with Crippen LogP contribution in [0.25, 0.3) is 10.9 Å². The van der Waals surface area contributed by atoms with Crippen LogP contribution in [0.15, 0.2) is 36.4 Å². The SMILES string of the molecule is COc1cc(F)c(OCCNCCCF)cc1C1c2[nH]c3ccccc3c2CCN1CC(F)(F)F. The maximum absolute atomic E-state index is 14.8. The van der Waals surface area contributed by atoms with Crippen LogP contribution in [0.4, 0.5) is 22.0 Å². The van der Waals surface area contributed by atoms with Crippen molar-refractivity contribution in [2.75, 3.05) is 46.6 Å². The molecule has 1 atom stereocenters. The molecule has 2 N–H and O–H groups in total. The largest absolute Gasteiger partial charge is 0.496 e. The summed E-state index contributed by atoms with van der Waals surface area (Å²) < 4.78 is 78.6. The minimum absolute atomic E-state index is 0.0803. The van der Waals surface area contributed by atoms with Gasteiger partial charge in [0, 0.05) is 41.3 Å². The average molecular weight is 498 g/mol. The maximum Gasteiger partial charge on any atom is 0.401 e. The second-order valence-corrected chi connectivity index (χ2v) is 8.47. The summed E-state index contributed by atoms with van der Waals surface area (Å²) in [6.45, 7) is -0.431. The molecule has 1 aliphatic rings. The fourth-order valence-electron chi connectivity index (χ4n) is 4.65. The minimum Gasteiger partial charge on any atom is -0.496 e. The lowest BCUT2D eigenvalue weighted by molar-refractivity contribution is -0.150. The van der Waals surface area contributed by atoms with E-state index in [-0.39, 0.29) is 24.7 Å². The van der Waals surface area contributed by atoms with Crippen LogP contribution in [0.1, 0.15) is 29.3 Å². The fraction of sp³-hybridized carbons (Fsp3) is 0.440. The molecule has 3 aromatic rings. The summed E-state index contributed by atoms with van der Waals surface area (Å²) in [5, 5.41) is 3.94. The normalized spacial score (nSPS) is 16.5. The summed E-state index contributed by atoms with van der Waals surface area (Å²) >= 11 is 0. The molecule has 0 bridgehead atoms. The van der Waals surface area contributed by atoms with Crippen LogP contribution >= 0.6 is 0 Å². The van der Waals surface area contributed by atoms with Crippen LogP contribution in [0.5, 0.6) is 11.5 Å². The lowest BCUT2D eigenvalue weighted by atomic mass is 9.91.